The SMILES string of the molecule is Cc1c(-c2cccs2)cc(-c2cccs2)cc1-c1cccs1. The molecule has 0 aliphatic heterocycles. The Morgan fingerprint density at radius 1 is 0.636 bits per heavy atom. The highest BCUT2D eigenvalue weighted by Crippen LogP contribution is 2.40. The lowest BCUT2D eigenvalue weighted by Crippen LogP contribution is -1.88. The van der Waals surface area contributed by atoms with E-state index < -0.39 is 0 Å². The third-order valence-corrected chi connectivity index (χ3v) is 6.51. The van der Waals surface area contributed by atoms with Gasteiger partial charge in [-0.3, -0.25) is 0 Å². The van der Waals surface area contributed by atoms with Crippen molar-refractivity contribution in [2.75, 3.05) is 0 Å². The number of hydrogen-bond acceptors (Lipinski definition) is 3. The van der Waals surface area contributed by atoms with E-state index in [0.717, 1.165) is 0 Å². The zero-order chi connectivity index (χ0) is 14.9. The first-order chi connectivity index (χ1) is 10.8. The van der Waals surface area contributed by atoms with Crippen molar-refractivity contribution in [3.8, 4) is 31.3 Å². The summed E-state index contributed by atoms with van der Waals surface area (Å²) in [5.41, 5.74) is 5.38. The Hall–Kier alpha value is -1.68. The number of thiophene rings is 3. The van der Waals surface area contributed by atoms with Gasteiger partial charge in [-0.25, -0.2) is 0 Å². The van der Waals surface area contributed by atoms with Crippen molar-refractivity contribution >= 4 is 34.0 Å². The third kappa shape index (κ3) is 2.45. The highest BCUT2D eigenvalue weighted by atomic mass is 32.1. The van der Waals surface area contributed by atoms with Crippen molar-refractivity contribution < 1.29 is 0 Å². The maximum absolute atomic E-state index is 2.34. The molecule has 1 aromatic carbocycles. The molecule has 0 saturated carbocycles. The normalized spacial score (nSPS) is 11.0. The van der Waals surface area contributed by atoms with Crippen LogP contribution in [0.1, 0.15) is 5.56 Å². The van der Waals surface area contributed by atoms with Crippen molar-refractivity contribution in [2.24, 2.45) is 0 Å². The van der Waals surface area contributed by atoms with E-state index in [-0.39, 0.29) is 0 Å². The first-order valence-electron chi connectivity index (χ1n) is 7.09. The van der Waals surface area contributed by atoms with Crippen molar-refractivity contribution in [3.05, 3.63) is 70.2 Å². The number of rotatable bonds is 3. The van der Waals surface area contributed by atoms with E-state index in [1.54, 1.807) is 11.3 Å². The lowest BCUT2D eigenvalue weighted by molar-refractivity contribution is 1.48. The Kier molecular flexibility index (Phi) is 3.70. The van der Waals surface area contributed by atoms with Crippen LogP contribution >= 0.6 is 34.0 Å². The predicted molar refractivity (Wildman–Crippen MR) is 101 cm³/mol. The standard InChI is InChI=1S/C19H14S3/c1-13-15(18-6-3-9-21-18)11-14(17-5-2-8-20-17)12-16(13)19-7-4-10-22-19/h2-12H,1H3. The molecule has 0 radical (unpaired) electrons. The molecule has 0 saturated heterocycles. The molecule has 4 rings (SSSR count). The highest BCUT2D eigenvalue weighted by Gasteiger charge is 2.13. The molecule has 0 aliphatic carbocycles. The third-order valence-electron chi connectivity index (χ3n) is 3.79. The fourth-order valence-corrected chi connectivity index (χ4v) is 4.99. The summed E-state index contributed by atoms with van der Waals surface area (Å²) in [4.78, 5) is 4.01. The van der Waals surface area contributed by atoms with Gasteiger partial charge >= 0.3 is 0 Å². The van der Waals surface area contributed by atoms with Crippen LogP contribution in [0.5, 0.6) is 0 Å². The molecule has 3 aromatic heterocycles. The molecule has 4 aromatic rings. The minimum absolute atomic E-state index is 1.31. The fourth-order valence-electron chi connectivity index (χ4n) is 2.67. The maximum atomic E-state index is 2.34. The van der Waals surface area contributed by atoms with Crippen LogP contribution in [0.25, 0.3) is 31.3 Å². The predicted octanol–water partition coefficient (Wildman–Crippen LogP) is 7.18. The van der Waals surface area contributed by atoms with Gasteiger partial charge in [0.25, 0.3) is 0 Å². The second kappa shape index (κ2) is 5.84. The first kappa shape index (κ1) is 13.9. The smallest absolute Gasteiger partial charge is 0.0345 e. The van der Waals surface area contributed by atoms with E-state index in [9.17, 15) is 0 Å². The van der Waals surface area contributed by atoms with E-state index in [4.69, 9.17) is 0 Å². The van der Waals surface area contributed by atoms with Crippen LogP contribution in [0.2, 0.25) is 0 Å². The summed E-state index contributed by atoms with van der Waals surface area (Å²) in [7, 11) is 0. The molecule has 108 valence electrons. The van der Waals surface area contributed by atoms with Crippen LogP contribution < -0.4 is 0 Å². The van der Waals surface area contributed by atoms with Gasteiger partial charge in [0.1, 0.15) is 0 Å². The summed E-state index contributed by atoms with van der Waals surface area (Å²) in [5, 5.41) is 6.44. The minimum Gasteiger partial charge on any atom is -0.144 e. The molecule has 0 fully saturated rings. The van der Waals surface area contributed by atoms with Gasteiger partial charge in [0, 0.05) is 14.6 Å². The molecule has 0 nitrogen and oxygen atoms in total. The Bertz CT molecular complexity index is 812. The summed E-state index contributed by atoms with van der Waals surface area (Å²) < 4.78 is 0. The zero-order valence-corrected chi connectivity index (χ0v) is 14.5. The lowest BCUT2D eigenvalue weighted by Gasteiger charge is -2.12. The molecule has 0 spiro atoms. The van der Waals surface area contributed by atoms with Crippen molar-refractivity contribution in [1.29, 1.82) is 0 Å². The molecule has 0 atom stereocenters. The van der Waals surface area contributed by atoms with E-state index in [2.05, 4.69) is 71.6 Å². The average Bonchev–Trinajstić information content (AvgIpc) is 3.29. The van der Waals surface area contributed by atoms with Gasteiger partial charge in [-0.05, 0) is 75.6 Å². The van der Waals surface area contributed by atoms with Crippen LogP contribution in [0.15, 0.2) is 64.7 Å². The molecule has 0 bridgehead atoms. The summed E-state index contributed by atoms with van der Waals surface area (Å²) >= 11 is 5.42. The van der Waals surface area contributed by atoms with Crippen molar-refractivity contribution in [1.82, 2.24) is 0 Å². The Morgan fingerprint density at radius 2 is 1.09 bits per heavy atom. The van der Waals surface area contributed by atoms with Crippen LogP contribution in [0.4, 0.5) is 0 Å². The Balaban J connectivity index is 1.99. The maximum Gasteiger partial charge on any atom is 0.0345 e. The monoisotopic (exact) mass is 338 g/mol. The average molecular weight is 339 g/mol. The fraction of sp³-hybridized carbons (Fsp3) is 0.0526. The highest BCUT2D eigenvalue weighted by molar-refractivity contribution is 7.14. The lowest BCUT2D eigenvalue weighted by atomic mass is 9.96. The zero-order valence-electron chi connectivity index (χ0n) is 12.1. The molecule has 0 N–H and O–H groups in total. The van der Waals surface area contributed by atoms with Crippen molar-refractivity contribution in [3.63, 3.8) is 0 Å². The summed E-state index contributed by atoms with van der Waals surface area (Å²) in [5.74, 6) is 0. The second-order valence-electron chi connectivity index (χ2n) is 5.13. The molecule has 3 heteroatoms. The Morgan fingerprint density at radius 3 is 1.50 bits per heavy atom. The topological polar surface area (TPSA) is 0 Å². The van der Waals surface area contributed by atoms with E-state index in [1.165, 1.54) is 36.9 Å². The van der Waals surface area contributed by atoms with Gasteiger partial charge in [-0.1, -0.05) is 18.2 Å². The number of benzene rings is 1. The van der Waals surface area contributed by atoms with Crippen molar-refractivity contribution in [2.45, 2.75) is 6.92 Å². The molecular weight excluding hydrogens is 324 g/mol. The molecule has 22 heavy (non-hydrogen) atoms. The van der Waals surface area contributed by atoms with Crippen LogP contribution in [0, 0.1) is 6.92 Å². The quantitative estimate of drug-likeness (QED) is 0.371. The number of hydrogen-bond donors (Lipinski definition) is 0. The van der Waals surface area contributed by atoms with E-state index >= 15 is 0 Å². The second-order valence-corrected chi connectivity index (χ2v) is 7.97. The summed E-state index contributed by atoms with van der Waals surface area (Å²) in [6, 6.07) is 17.7. The van der Waals surface area contributed by atoms with Crippen LogP contribution in [-0.2, 0) is 0 Å². The summed E-state index contributed by atoms with van der Waals surface area (Å²) in [6.45, 7) is 2.24. The van der Waals surface area contributed by atoms with E-state index in [1.807, 2.05) is 22.7 Å². The van der Waals surface area contributed by atoms with Gasteiger partial charge < -0.3 is 0 Å². The van der Waals surface area contributed by atoms with E-state index in [0.29, 0.717) is 0 Å². The van der Waals surface area contributed by atoms with Crippen LogP contribution in [-0.4, -0.2) is 0 Å². The Labute approximate surface area is 142 Å². The first-order valence-corrected chi connectivity index (χ1v) is 9.73. The van der Waals surface area contributed by atoms with Gasteiger partial charge in [-0.15, -0.1) is 34.0 Å². The summed E-state index contributed by atoms with van der Waals surface area (Å²) in [6.07, 6.45) is 0. The van der Waals surface area contributed by atoms with Gasteiger partial charge in [0.05, 0.1) is 0 Å². The van der Waals surface area contributed by atoms with Crippen LogP contribution in [0.3, 0.4) is 0 Å². The van der Waals surface area contributed by atoms with Gasteiger partial charge in [0.2, 0.25) is 0 Å². The molecule has 0 amide bonds. The van der Waals surface area contributed by atoms with Gasteiger partial charge in [-0.2, -0.15) is 0 Å². The minimum atomic E-state index is 1.31. The molecule has 3 heterocycles. The van der Waals surface area contributed by atoms with Gasteiger partial charge in [0.15, 0.2) is 0 Å². The largest absolute Gasteiger partial charge is 0.144 e. The molecule has 0 aliphatic rings. The molecule has 0 unspecified atom stereocenters. The molecular formula is C19H14S3.